The van der Waals surface area contributed by atoms with Crippen LogP contribution in [-0.4, -0.2) is 23.9 Å². The van der Waals surface area contributed by atoms with E-state index >= 15 is 0 Å². The Hall–Kier alpha value is -1.55. The monoisotopic (exact) mass is 282 g/mol. The van der Waals surface area contributed by atoms with Crippen molar-refractivity contribution in [3.05, 3.63) is 35.9 Å². The van der Waals surface area contributed by atoms with Crippen LogP contribution in [0.4, 0.5) is 4.79 Å². The second-order valence-electron chi connectivity index (χ2n) is 4.46. The second-order valence-corrected chi connectivity index (χ2v) is 5.12. The fourth-order valence-electron chi connectivity index (χ4n) is 1.61. The predicted molar refractivity (Wildman–Crippen MR) is 76.3 cm³/mol. The van der Waals surface area contributed by atoms with Gasteiger partial charge in [-0.25, -0.2) is 4.79 Å². The minimum absolute atomic E-state index is 0.351. The summed E-state index contributed by atoms with van der Waals surface area (Å²) in [6.45, 7) is 4.12. The molecule has 2 unspecified atom stereocenters. The summed E-state index contributed by atoms with van der Waals surface area (Å²) in [7, 11) is 0. The van der Waals surface area contributed by atoms with Gasteiger partial charge in [-0.1, -0.05) is 37.3 Å². The number of urea groups is 1. The quantitative estimate of drug-likeness (QED) is 0.816. The van der Waals surface area contributed by atoms with Crippen molar-refractivity contribution in [1.29, 1.82) is 0 Å². The molecule has 0 radical (unpaired) electrons. The van der Waals surface area contributed by atoms with Crippen molar-refractivity contribution >= 4 is 23.5 Å². The van der Waals surface area contributed by atoms with Crippen LogP contribution >= 0.6 is 11.6 Å². The molecule has 0 fully saturated rings. The number of nitrogens with one attached hydrogen (secondary N) is 2. The van der Waals surface area contributed by atoms with Crippen LogP contribution in [0.1, 0.15) is 31.7 Å². The van der Waals surface area contributed by atoms with Gasteiger partial charge in [-0.15, -0.1) is 11.6 Å². The molecular weight excluding hydrogens is 264 g/mol. The van der Waals surface area contributed by atoms with Crippen LogP contribution < -0.4 is 10.6 Å². The molecule has 0 spiro atoms. The van der Waals surface area contributed by atoms with Gasteiger partial charge in [-0.05, 0) is 24.8 Å². The zero-order chi connectivity index (χ0) is 14.3. The number of hydrogen-bond donors (Lipinski definition) is 2. The molecule has 104 valence electrons. The molecule has 2 N–H and O–H groups in total. The lowest BCUT2D eigenvalue weighted by molar-refractivity contribution is -0.119. The maximum absolute atomic E-state index is 11.4. The van der Waals surface area contributed by atoms with Crippen molar-refractivity contribution in [3.63, 3.8) is 0 Å². The Balaban J connectivity index is 2.27. The lowest BCUT2D eigenvalue weighted by atomic mass is 9.98. The standard InChI is InChI=1S/C14H19ClN2O2/c1-10(12-6-4-3-5-7-12)8-9-16-14(19)17-13(18)11(2)15/h3-7,10-11H,8-9H2,1-2H3,(H2,16,17,18,19). The first-order valence-corrected chi connectivity index (χ1v) is 6.72. The average Bonchev–Trinajstić information content (AvgIpc) is 2.39. The summed E-state index contributed by atoms with van der Waals surface area (Å²) in [5, 5.41) is 4.10. The van der Waals surface area contributed by atoms with Gasteiger partial charge in [0.15, 0.2) is 0 Å². The highest BCUT2D eigenvalue weighted by molar-refractivity contribution is 6.31. The van der Waals surface area contributed by atoms with Gasteiger partial charge in [-0.2, -0.15) is 0 Å². The first-order chi connectivity index (χ1) is 9.00. The van der Waals surface area contributed by atoms with Gasteiger partial charge < -0.3 is 5.32 Å². The molecule has 0 aromatic heterocycles. The number of alkyl halides is 1. The first kappa shape index (κ1) is 15.5. The Labute approximate surface area is 118 Å². The van der Waals surface area contributed by atoms with E-state index in [-0.39, 0.29) is 0 Å². The highest BCUT2D eigenvalue weighted by Crippen LogP contribution is 2.17. The summed E-state index contributed by atoms with van der Waals surface area (Å²) >= 11 is 5.54. The highest BCUT2D eigenvalue weighted by Gasteiger charge is 2.12. The molecule has 0 aliphatic rings. The number of carbonyl (C=O) groups is 2. The van der Waals surface area contributed by atoms with E-state index in [0.29, 0.717) is 12.5 Å². The van der Waals surface area contributed by atoms with Crippen LogP contribution in [0, 0.1) is 0 Å². The number of imide groups is 1. The summed E-state index contributed by atoms with van der Waals surface area (Å²) in [5.74, 6) is -0.139. The smallest absolute Gasteiger partial charge is 0.321 e. The summed E-state index contributed by atoms with van der Waals surface area (Å²) in [5.41, 5.74) is 1.23. The van der Waals surface area contributed by atoms with Gasteiger partial charge in [0.05, 0.1) is 0 Å². The van der Waals surface area contributed by atoms with Crippen LogP contribution in [0.2, 0.25) is 0 Å². The van der Waals surface area contributed by atoms with Gasteiger partial charge in [0.25, 0.3) is 0 Å². The molecule has 0 saturated carbocycles. The van der Waals surface area contributed by atoms with Crippen molar-refractivity contribution in [2.24, 2.45) is 0 Å². The highest BCUT2D eigenvalue weighted by atomic mass is 35.5. The number of rotatable bonds is 5. The Morgan fingerprint density at radius 3 is 2.42 bits per heavy atom. The molecule has 0 saturated heterocycles. The number of amides is 3. The van der Waals surface area contributed by atoms with Crippen molar-refractivity contribution < 1.29 is 9.59 Å². The second kappa shape index (κ2) is 7.79. The van der Waals surface area contributed by atoms with E-state index in [2.05, 4.69) is 29.7 Å². The van der Waals surface area contributed by atoms with Gasteiger partial charge in [0.2, 0.25) is 5.91 Å². The first-order valence-electron chi connectivity index (χ1n) is 6.28. The molecule has 0 heterocycles. The Kier molecular flexibility index (Phi) is 6.36. The molecule has 2 atom stereocenters. The molecule has 0 bridgehead atoms. The SMILES string of the molecule is CC(Cl)C(=O)NC(=O)NCCC(C)c1ccccc1. The van der Waals surface area contributed by atoms with E-state index in [1.807, 2.05) is 18.2 Å². The van der Waals surface area contributed by atoms with Crippen molar-refractivity contribution in [3.8, 4) is 0 Å². The summed E-state index contributed by atoms with van der Waals surface area (Å²) < 4.78 is 0. The van der Waals surface area contributed by atoms with Crippen molar-refractivity contribution in [2.75, 3.05) is 6.54 Å². The number of hydrogen-bond acceptors (Lipinski definition) is 2. The fraction of sp³-hybridized carbons (Fsp3) is 0.429. The molecule has 5 heteroatoms. The van der Waals surface area contributed by atoms with Crippen molar-refractivity contribution in [2.45, 2.75) is 31.6 Å². The fourth-order valence-corrected chi connectivity index (χ4v) is 1.66. The minimum Gasteiger partial charge on any atom is -0.338 e. The summed E-state index contributed by atoms with van der Waals surface area (Å²) in [6, 6.07) is 9.57. The summed E-state index contributed by atoms with van der Waals surface area (Å²) in [4.78, 5) is 22.5. The number of carbonyl (C=O) groups excluding carboxylic acids is 2. The lowest BCUT2D eigenvalue weighted by Crippen LogP contribution is -2.42. The van der Waals surface area contributed by atoms with E-state index < -0.39 is 17.3 Å². The Morgan fingerprint density at radius 1 is 1.21 bits per heavy atom. The number of halogens is 1. The molecule has 1 aromatic carbocycles. The minimum atomic E-state index is -0.714. The van der Waals surface area contributed by atoms with Crippen LogP contribution in [0.5, 0.6) is 0 Å². The van der Waals surface area contributed by atoms with Gasteiger partial charge in [-0.3, -0.25) is 10.1 Å². The van der Waals surface area contributed by atoms with E-state index in [4.69, 9.17) is 11.6 Å². The molecule has 1 aromatic rings. The molecule has 0 aliphatic carbocycles. The third kappa shape index (κ3) is 5.75. The topological polar surface area (TPSA) is 58.2 Å². The van der Waals surface area contributed by atoms with Gasteiger partial charge in [0.1, 0.15) is 5.38 Å². The maximum atomic E-state index is 11.4. The largest absolute Gasteiger partial charge is 0.338 e. The molecule has 3 amide bonds. The lowest BCUT2D eigenvalue weighted by Gasteiger charge is -2.12. The summed E-state index contributed by atoms with van der Waals surface area (Å²) in [6.07, 6.45) is 0.808. The van der Waals surface area contributed by atoms with Gasteiger partial charge in [0, 0.05) is 6.54 Å². The Morgan fingerprint density at radius 2 is 1.84 bits per heavy atom. The molecular formula is C14H19ClN2O2. The third-order valence-electron chi connectivity index (χ3n) is 2.83. The third-order valence-corrected chi connectivity index (χ3v) is 3.03. The van der Waals surface area contributed by atoms with Crippen LogP contribution in [0.15, 0.2) is 30.3 Å². The maximum Gasteiger partial charge on any atom is 0.321 e. The molecule has 0 aliphatic heterocycles. The van der Waals surface area contributed by atoms with Crippen LogP contribution in [-0.2, 0) is 4.79 Å². The normalized spacial score (nSPS) is 13.4. The van der Waals surface area contributed by atoms with E-state index in [1.54, 1.807) is 0 Å². The van der Waals surface area contributed by atoms with E-state index in [1.165, 1.54) is 12.5 Å². The van der Waals surface area contributed by atoms with Crippen LogP contribution in [0.3, 0.4) is 0 Å². The molecule has 19 heavy (non-hydrogen) atoms. The van der Waals surface area contributed by atoms with Crippen LogP contribution in [0.25, 0.3) is 0 Å². The van der Waals surface area contributed by atoms with E-state index in [9.17, 15) is 9.59 Å². The number of benzene rings is 1. The molecule has 1 rings (SSSR count). The average molecular weight is 283 g/mol. The van der Waals surface area contributed by atoms with Crippen molar-refractivity contribution in [1.82, 2.24) is 10.6 Å². The zero-order valence-electron chi connectivity index (χ0n) is 11.2. The Bertz CT molecular complexity index is 421. The molecule has 4 nitrogen and oxygen atoms in total. The van der Waals surface area contributed by atoms with E-state index in [0.717, 1.165) is 6.42 Å². The predicted octanol–water partition coefficient (Wildman–Crippen LogP) is 2.63. The zero-order valence-corrected chi connectivity index (χ0v) is 11.9. The van der Waals surface area contributed by atoms with Gasteiger partial charge >= 0.3 is 6.03 Å².